The summed E-state index contributed by atoms with van der Waals surface area (Å²) >= 11 is 3.31. The number of rotatable bonds is 8. The highest BCUT2D eigenvalue weighted by Gasteiger charge is 2.60. The van der Waals surface area contributed by atoms with Gasteiger partial charge in [-0.15, -0.1) is 22.7 Å². The van der Waals surface area contributed by atoms with Crippen molar-refractivity contribution in [1.29, 1.82) is 0 Å². The van der Waals surface area contributed by atoms with Gasteiger partial charge in [-0.1, -0.05) is 18.2 Å². The number of ether oxygens (including phenoxy) is 2. The van der Waals surface area contributed by atoms with E-state index in [1.807, 2.05) is 45.0 Å². The van der Waals surface area contributed by atoms with E-state index >= 15 is 0 Å². The monoisotopic (exact) mass is 564 g/mol. The maximum Gasteiger partial charge on any atom is 0.225 e. The molecular weight excluding hydrogens is 532 g/mol. The van der Waals surface area contributed by atoms with E-state index < -0.39 is 11.5 Å². The van der Waals surface area contributed by atoms with Gasteiger partial charge in [0.2, 0.25) is 11.9 Å². The van der Waals surface area contributed by atoms with Crippen molar-refractivity contribution in [1.82, 2.24) is 20.3 Å². The maximum atomic E-state index is 11.7. The zero-order valence-electron chi connectivity index (χ0n) is 22.4. The van der Waals surface area contributed by atoms with Crippen LogP contribution >= 0.6 is 22.7 Å². The van der Waals surface area contributed by atoms with Crippen LogP contribution in [0.5, 0.6) is 0 Å². The Morgan fingerprint density at radius 3 is 2.77 bits per heavy atom. The van der Waals surface area contributed by atoms with Crippen LogP contribution in [0.3, 0.4) is 0 Å². The quantitative estimate of drug-likeness (QED) is 0.256. The number of thiazole rings is 1. The molecule has 3 unspecified atom stereocenters. The van der Waals surface area contributed by atoms with Crippen LogP contribution in [0.2, 0.25) is 0 Å². The van der Waals surface area contributed by atoms with Gasteiger partial charge >= 0.3 is 0 Å². The fourth-order valence-electron chi connectivity index (χ4n) is 5.54. The predicted octanol–water partition coefficient (Wildman–Crippen LogP) is 5.54. The molecule has 0 bridgehead atoms. The van der Waals surface area contributed by atoms with Crippen molar-refractivity contribution in [3.05, 3.63) is 52.3 Å². The molecule has 3 aromatic heterocycles. The minimum Gasteiger partial charge on any atom is -0.356 e. The smallest absolute Gasteiger partial charge is 0.225 e. The Labute approximate surface area is 235 Å². The van der Waals surface area contributed by atoms with Gasteiger partial charge in [0.15, 0.2) is 11.5 Å². The van der Waals surface area contributed by atoms with Crippen molar-refractivity contribution < 1.29 is 14.3 Å². The molecule has 2 aliphatic rings. The Hall–Kier alpha value is -3.12. The molecule has 3 atom stereocenters. The van der Waals surface area contributed by atoms with Gasteiger partial charge in [0, 0.05) is 24.3 Å². The SMILES string of the molecule is CC(=O)NCC1CCC2(Nc3nc(NCc4cccs4)nc(C)c3-c3nc4ccccc4s3)OC(C)(C)OC12. The van der Waals surface area contributed by atoms with Gasteiger partial charge in [-0.2, -0.15) is 4.98 Å². The zero-order chi connectivity index (χ0) is 27.2. The third kappa shape index (κ3) is 5.23. The molecule has 11 heteroatoms. The van der Waals surface area contributed by atoms with E-state index in [-0.39, 0.29) is 17.9 Å². The molecule has 6 rings (SSSR count). The number of carbonyl (C=O) groups excluding carboxylic acids is 1. The number of aromatic nitrogens is 3. The molecule has 4 aromatic rings. The van der Waals surface area contributed by atoms with Crippen molar-refractivity contribution in [2.24, 2.45) is 5.92 Å². The number of anilines is 2. The number of fused-ring (bicyclic) bond motifs is 2. The third-order valence-electron chi connectivity index (χ3n) is 7.15. The summed E-state index contributed by atoms with van der Waals surface area (Å²) in [5.41, 5.74) is 1.81. The lowest BCUT2D eigenvalue weighted by molar-refractivity contribution is -0.166. The number of aryl methyl sites for hydroxylation is 1. The molecule has 204 valence electrons. The summed E-state index contributed by atoms with van der Waals surface area (Å²) in [6, 6.07) is 12.2. The van der Waals surface area contributed by atoms with Gasteiger partial charge in [-0.05, 0) is 57.2 Å². The van der Waals surface area contributed by atoms with E-state index in [4.69, 9.17) is 24.4 Å². The standard InChI is InChI=1S/C28H32N6O3S2/c1-16-22(25-32-20-9-5-6-10-21(20)39-25)24(33-26(31-16)30-15-19-8-7-13-38-19)34-28-12-11-18(14-29-17(2)35)23(28)36-27(3,4)37-28/h5-10,13,18,23H,11-12,14-15H2,1-4H3,(H,29,35)(H2,30,31,33,34). The van der Waals surface area contributed by atoms with Crippen molar-refractivity contribution in [2.75, 3.05) is 17.2 Å². The number of thiophene rings is 1. The Balaban J connectivity index is 1.40. The van der Waals surface area contributed by atoms with E-state index in [9.17, 15) is 4.79 Å². The van der Waals surface area contributed by atoms with Crippen molar-refractivity contribution in [2.45, 2.75) is 64.7 Å². The lowest BCUT2D eigenvalue weighted by Crippen LogP contribution is -2.47. The summed E-state index contributed by atoms with van der Waals surface area (Å²) < 4.78 is 14.1. The van der Waals surface area contributed by atoms with Gasteiger partial charge in [0.1, 0.15) is 16.9 Å². The Bertz CT molecular complexity index is 1470. The van der Waals surface area contributed by atoms with Crippen LogP contribution in [0.4, 0.5) is 11.8 Å². The second kappa shape index (κ2) is 10.1. The second-order valence-corrected chi connectivity index (χ2v) is 12.6. The van der Waals surface area contributed by atoms with Crippen LogP contribution < -0.4 is 16.0 Å². The first-order chi connectivity index (χ1) is 18.7. The summed E-state index contributed by atoms with van der Waals surface area (Å²) in [6.07, 6.45) is 1.30. The first-order valence-corrected chi connectivity index (χ1v) is 14.8. The maximum absolute atomic E-state index is 11.7. The number of nitrogens with one attached hydrogen (secondary N) is 3. The molecule has 0 radical (unpaired) electrons. The minimum atomic E-state index is -0.802. The molecule has 3 N–H and O–H groups in total. The molecule has 0 spiro atoms. The molecule has 4 heterocycles. The van der Waals surface area contributed by atoms with Crippen LogP contribution in [-0.2, 0) is 20.8 Å². The average molecular weight is 565 g/mol. The molecule has 1 amide bonds. The lowest BCUT2D eigenvalue weighted by atomic mass is 10.0. The third-order valence-corrected chi connectivity index (χ3v) is 9.08. The van der Waals surface area contributed by atoms with E-state index in [1.54, 1.807) is 22.7 Å². The van der Waals surface area contributed by atoms with Gasteiger partial charge in [-0.3, -0.25) is 4.79 Å². The summed E-state index contributed by atoms with van der Waals surface area (Å²) in [4.78, 5) is 27.6. The van der Waals surface area contributed by atoms with Gasteiger partial charge in [-0.25, -0.2) is 9.97 Å². The number of benzene rings is 1. The molecule has 1 saturated heterocycles. The summed E-state index contributed by atoms with van der Waals surface area (Å²) in [5.74, 6) is 0.456. The number of para-hydroxylation sites is 1. The molecule has 1 aliphatic heterocycles. The molecule has 1 aromatic carbocycles. The van der Waals surface area contributed by atoms with Crippen LogP contribution in [0.25, 0.3) is 20.8 Å². The van der Waals surface area contributed by atoms with Gasteiger partial charge < -0.3 is 25.4 Å². The van der Waals surface area contributed by atoms with Crippen LogP contribution in [-0.4, -0.2) is 45.0 Å². The lowest BCUT2D eigenvalue weighted by Gasteiger charge is -2.31. The number of hydrogen-bond donors (Lipinski definition) is 3. The Kier molecular flexibility index (Phi) is 6.78. The fraction of sp³-hybridized carbons (Fsp3) is 0.429. The fourth-order valence-corrected chi connectivity index (χ4v) is 7.25. The highest BCUT2D eigenvalue weighted by Crippen LogP contribution is 2.50. The topological polar surface area (TPSA) is 110 Å². The number of nitrogens with zero attached hydrogens (tertiary/aromatic N) is 3. The van der Waals surface area contributed by atoms with Gasteiger partial charge in [0.05, 0.1) is 28.0 Å². The number of amides is 1. The highest BCUT2D eigenvalue weighted by molar-refractivity contribution is 7.21. The number of carbonyl (C=O) groups is 1. The van der Waals surface area contributed by atoms with Gasteiger partial charge in [0.25, 0.3) is 0 Å². The first-order valence-electron chi connectivity index (χ1n) is 13.1. The van der Waals surface area contributed by atoms with E-state index in [2.05, 4.69) is 33.5 Å². The molecule has 1 aliphatic carbocycles. The Morgan fingerprint density at radius 2 is 2.00 bits per heavy atom. The van der Waals surface area contributed by atoms with E-state index in [1.165, 1.54) is 11.8 Å². The van der Waals surface area contributed by atoms with Crippen LogP contribution in [0.1, 0.15) is 44.2 Å². The van der Waals surface area contributed by atoms with Crippen LogP contribution in [0, 0.1) is 12.8 Å². The van der Waals surface area contributed by atoms with Crippen LogP contribution in [0.15, 0.2) is 41.8 Å². The average Bonchev–Trinajstić information content (AvgIpc) is 3.64. The van der Waals surface area contributed by atoms with Crippen molar-refractivity contribution >= 4 is 50.6 Å². The second-order valence-electron chi connectivity index (χ2n) is 10.6. The highest BCUT2D eigenvalue weighted by atomic mass is 32.1. The van der Waals surface area contributed by atoms with E-state index in [0.717, 1.165) is 32.9 Å². The molecular formula is C28H32N6O3S2. The summed E-state index contributed by atoms with van der Waals surface area (Å²) in [5, 5.41) is 12.9. The molecule has 1 saturated carbocycles. The molecule has 2 fully saturated rings. The van der Waals surface area contributed by atoms with Crippen molar-refractivity contribution in [3.63, 3.8) is 0 Å². The first kappa shape index (κ1) is 26.1. The Morgan fingerprint density at radius 1 is 1.15 bits per heavy atom. The normalized spacial score (nSPS) is 23.6. The van der Waals surface area contributed by atoms with Crippen molar-refractivity contribution in [3.8, 4) is 10.6 Å². The zero-order valence-corrected chi connectivity index (χ0v) is 24.0. The number of hydrogen-bond acceptors (Lipinski definition) is 10. The summed E-state index contributed by atoms with van der Waals surface area (Å²) in [7, 11) is 0. The largest absolute Gasteiger partial charge is 0.356 e. The summed E-state index contributed by atoms with van der Waals surface area (Å²) in [6.45, 7) is 8.55. The minimum absolute atomic E-state index is 0.0513. The molecule has 39 heavy (non-hydrogen) atoms. The molecule has 9 nitrogen and oxygen atoms in total. The van der Waals surface area contributed by atoms with E-state index in [0.29, 0.717) is 31.3 Å². The predicted molar refractivity (Wildman–Crippen MR) is 155 cm³/mol.